The van der Waals surface area contributed by atoms with Crippen molar-refractivity contribution in [2.24, 2.45) is 29.4 Å². The Morgan fingerprint density at radius 1 is 1.07 bits per heavy atom. The second-order valence-electron chi connectivity index (χ2n) is 8.87. The van der Waals surface area contributed by atoms with Crippen LogP contribution in [-0.2, 0) is 20.8 Å². The fourth-order valence-electron chi connectivity index (χ4n) is 4.28. The largest absolute Gasteiger partial charge is 0.369 e. The van der Waals surface area contributed by atoms with Gasteiger partial charge in [-0.2, -0.15) is 0 Å². The highest BCUT2D eigenvalue weighted by Gasteiger charge is 2.31. The van der Waals surface area contributed by atoms with Gasteiger partial charge >= 0.3 is 0 Å². The lowest BCUT2D eigenvalue weighted by atomic mass is 9.76. The third-order valence-corrected chi connectivity index (χ3v) is 6.01. The molecule has 1 aromatic rings. The molecule has 5 nitrogen and oxygen atoms in total. The van der Waals surface area contributed by atoms with Gasteiger partial charge in [0.2, 0.25) is 11.8 Å². The number of nitrogens with one attached hydrogen (secondary N) is 1. The number of benzene rings is 1. The molecule has 1 aliphatic rings. The zero-order valence-corrected chi connectivity index (χ0v) is 17.9. The second kappa shape index (κ2) is 11.7. The van der Waals surface area contributed by atoms with E-state index in [9.17, 15) is 14.4 Å². The Morgan fingerprint density at radius 2 is 1.76 bits per heavy atom. The van der Waals surface area contributed by atoms with Crippen molar-refractivity contribution in [3.05, 3.63) is 35.9 Å². The molecule has 1 unspecified atom stereocenters. The molecule has 0 bridgehead atoms. The quantitative estimate of drug-likeness (QED) is 0.594. The number of carbonyl (C=O) groups is 3. The zero-order valence-electron chi connectivity index (χ0n) is 17.9. The van der Waals surface area contributed by atoms with Gasteiger partial charge in [-0.1, -0.05) is 63.4 Å². The summed E-state index contributed by atoms with van der Waals surface area (Å²) >= 11 is 0. The van der Waals surface area contributed by atoms with E-state index in [1.807, 2.05) is 30.3 Å². The maximum Gasteiger partial charge on any atom is 0.223 e. The van der Waals surface area contributed by atoms with Gasteiger partial charge in [0.15, 0.2) is 5.78 Å². The number of carbonyl (C=O) groups excluding carboxylic acids is 3. The Hall–Kier alpha value is -2.17. The molecule has 1 fully saturated rings. The number of hydrogen-bond donors (Lipinski definition) is 2. The van der Waals surface area contributed by atoms with Crippen LogP contribution in [0.2, 0.25) is 0 Å². The van der Waals surface area contributed by atoms with E-state index in [4.69, 9.17) is 5.73 Å². The molecule has 2 rings (SSSR count). The van der Waals surface area contributed by atoms with Crippen molar-refractivity contribution in [3.63, 3.8) is 0 Å². The molecular formula is C24H36N2O3. The highest BCUT2D eigenvalue weighted by molar-refractivity contribution is 5.87. The molecule has 1 aliphatic carbocycles. The van der Waals surface area contributed by atoms with Crippen LogP contribution in [0.5, 0.6) is 0 Å². The smallest absolute Gasteiger partial charge is 0.223 e. The predicted octanol–water partition coefficient (Wildman–Crippen LogP) is 3.65. The van der Waals surface area contributed by atoms with E-state index in [0.29, 0.717) is 18.8 Å². The molecule has 0 saturated heterocycles. The SMILES string of the molecule is CC(C)CCC(Cc1ccccc1)C(=O)NCC(=O)C[C@@H]1CCCC[C@H]1C(N)=O. The van der Waals surface area contributed by atoms with Crippen LogP contribution in [-0.4, -0.2) is 24.1 Å². The fraction of sp³-hybridized carbons (Fsp3) is 0.625. The Morgan fingerprint density at radius 3 is 2.41 bits per heavy atom. The first-order valence-electron chi connectivity index (χ1n) is 11.0. The van der Waals surface area contributed by atoms with E-state index >= 15 is 0 Å². The molecule has 0 spiro atoms. The van der Waals surface area contributed by atoms with E-state index in [1.54, 1.807) is 0 Å². The molecular weight excluding hydrogens is 364 g/mol. The average Bonchev–Trinajstić information content (AvgIpc) is 2.70. The van der Waals surface area contributed by atoms with Crippen LogP contribution in [0.4, 0.5) is 0 Å². The summed E-state index contributed by atoms with van der Waals surface area (Å²) in [6.45, 7) is 4.34. The van der Waals surface area contributed by atoms with Gasteiger partial charge in [-0.15, -0.1) is 0 Å². The highest BCUT2D eigenvalue weighted by Crippen LogP contribution is 2.32. The van der Waals surface area contributed by atoms with E-state index in [1.165, 1.54) is 0 Å². The van der Waals surface area contributed by atoms with Crippen LogP contribution in [0.25, 0.3) is 0 Å². The minimum Gasteiger partial charge on any atom is -0.369 e. The maximum atomic E-state index is 12.8. The normalized spacial score (nSPS) is 20.2. The minimum absolute atomic E-state index is 0.0150. The highest BCUT2D eigenvalue weighted by atomic mass is 16.2. The number of hydrogen-bond acceptors (Lipinski definition) is 3. The standard InChI is InChI=1S/C24H36N2O3/c1-17(2)12-13-20(14-18-8-4-3-5-9-18)24(29)26-16-21(27)15-19-10-6-7-11-22(19)23(25)28/h3-5,8-9,17,19-20,22H,6-7,10-16H2,1-2H3,(H2,25,28)(H,26,29)/t19-,20?,22+/m0/s1. The first-order chi connectivity index (χ1) is 13.9. The molecule has 0 heterocycles. The molecule has 29 heavy (non-hydrogen) atoms. The van der Waals surface area contributed by atoms with Crippen LogP contribution in [0.1, 0.15) is 64.4 Å². The molecule has 0 aromatic heterocycles. The van der Waals surface area contributed by atoms with Crippen LogP contribution >= 0.6 is 0 Å². The summed E-state index contributed by atoms with van der Waals surface area (Å²) in [5, 5.41) is 2.86. The molecule has 1 aromatic carbocycles. The van der Waals surface area contributed by atoms with Crippen molar-refractivity contribution < 1.29 is 14.4 Å². The predicted molar refractivity (Wildman–Crippen MR) is 115 cm³/mol. The monoisotopic (exact) mass is 400 g/mol. The topological polar surface area (TPSA) is 89.3 Å². The number of primary amides is 1. The molecule has 3 atom stereocenters. The van der Waals surface area contributed by atoms with Gasteiger partial charge in [0.25, 0.3) is 0 Å². The summed E-state index contributed by atoms with van der Waals surface area (Å²) in [5.41, 5.74) is 6.64. The van der Waals surface area contributed by atoms with Crippen molar-refractivity contribution in [2.75, 3.05) is 6.54 Å². The molecule has 0 radical (unpaired) electrons. The molecule has 160 valence electrons. The van der Waals surface area contributed by atoms with E-state index in [2.05, 4.69) is 19.2 Å². The van der Waals surface area contributed by atoms with Gasteiger partial charge in [0.05, 0.1) is 6.54 Å². The summed E-state index contributed by atoms with van der Waals surface area (Å²) in [6, 6.07) is 10.0. The van der Waals surface area contributed by atoms with E-state index < -0.39 is 0 Å². The van der Waals surface area contributed by atoms with Crippen molar-refractivity contribution >= 4 is 17.6 Å². The first kappa shape index (κ1) is 23.1. The first-order valence-corrected chi connectivity index (χ1v) is 11.0. The molecule has 1 saturated carbocycles. The Balaban J connectivity index is 1.88. The van der Waals surface area contributed by atoms with Crippen molar-refractivity contribution in [1.82, 2.24) is 5.32 Å². The van der Waals surface area contributed by atoms with Crippen LogP contribution in [0.15, 0.2) is 30.3 Å². The lowest BCUT2D eigenvalue weighted by Gasteiger charge is -2.28. The molecule has 5 heteroatoms. The van der Waals surface area contributed by atoms with Crippen molar-refractivity contribution in [1.29, 1.82) is 0 Å². The third-order valence-electron chi connectivity index (χ3n) is 6.01. The number of rotatable bonds is 11. The van der Waals surface area contributed by atoms with Gasteiger partial charge in [0.1, 0.15) is 0 Å². The summed E-state index contributed by atoms with van der Waals surface area (Å²) in [4.78, 5) is 36.9. The molecule has 3 N–H and O–H groups in total. The van der Waals surface area contributed by atoms with Crippen LogP contribution in [0, 0.1) is 23.7 Å². The van der Waals surface area contributed by atoms with Gasteiger partial charge in [0, 0.05) is 18.3 Å². The number of nitrogens with two attached hydrogens (primary N) is 1. The van der Waals surface area contributed by atoms with Crippen LogP contribution < -0.4 is 11.1 Å². The second-order valence-corrected chi connectivity index (χ2v) is 8.87. The summed E-state index contributed by atoms with van der Waals surface area (Å²) in [5.74, 6) is -0.174. The van der Waals surface area contributed by atoms with Gasteiger partial charge < -0.3 is 11.1 Å². The summed E-state index contributed by atoms with van der Waals surface area (Å²) in [7, 11) is 0. The lowest BCUT2D eigenvalue weighted by Crippen LogP contribution is -2.38. The minimum atomic E-state index is -0.303. The molecule has 2 amide bonds. The Bertz CT molecular complexity index is 672. The van der Waals surface area contributed by atoms with E-state index in [0.717, 1.165) is 44.1 Å². The number of amides is 2. The Labute approximate surface area is 174 Å². The van der Waals surface area contributed by atoms with Gasteiger partial charge in [-0.3, -0.25) is 14.4 Å². The molecule has 0 aliphatic heterocycles. The summed E-state index contributed by atoms with van der Waals surface area (Å²) in [6.07, 6.45) is 6.43. The lowest BCUT2D eigenvalue weighted by molar-refractivity contribution is -0.129. The maximum absolute atomic E-state index is 12.8. The average molecular weight is 401 g/mol. The fourth-order valence-corrected chi connectivity index (χ4v) is 4.28. The van der Waals surface area contributed by atoms with Gasteiger partial charge in [-0.25, -0.2) is 0 Å². The third kappa shape index (κ3) is 8.00. The number of ketones is 1. The number of Topliss-reactive ketones (excluding diaryl/α,β-unsaturated/α-hetero) is 1. The van der Waals surface area contributed by atoms with Crippen molar-refractivity contribution in [2.45, 2.75) is 65.2 Å². The zero-order chi connectivity index (χ0) is 21.2. The van der Waals surface area contributed by atoms with Gasteiger partial charge in [-0.05, 0) is 43.1 Å². The van der Waals surface area contributed by atoms with E-state index in [-0.39, 0.29) is 41.9 Å². The van der Waals surface area contributed by atoms with Crippen molar-refractivity contribution in [3.8, 4) is 0 Å². The van der Waals surface area contributed by atoms with Crippen LogP contribution in [0.3, 0.4) is 0 Å². The Kier molecular flexibility index (Phi) is 9.36. The summed E-state index contributed by atoms with van der Waals surface area (Å²) < 4.78 is 0.